The minimum absolute atomic E-state index is 0.0848. The van der Waals surface area contributed by atoms with Crippen LogP contribution in [0.1, 0.15) is 12.0 Å². The van der Waals surface area contributed by atoms with Crippen molar-refractivity contribution in [2.45, 2.75) is 12.5 Å². The summed E-state index contributed by atoms with van der Waals surface area (Å²) < 4.78 is 26.0. The summed E-state index contributed by atoms with van der Waals surface area (Å²) in [6.07, 6.45) is -0.550. The Morgan fingerprint density at radius 2 is 1.96 bits per heavy atom. The first kappa shape index (κ1) is 15.4. The van der Waals surface area contributed by atoms with Crippen molar-refractivity contribution in [1.29, 1.82) is 0 Å². The van der Waals surface area contributed by atoms with E-state index < -0.39 is 17.8 Å². The van der Waals surface area contributed by atoms with E-state index in [4.69, 9.17) is 16.4 Å². The number of nitrogens with zero attached hydrogens (tertiary/aromatic N) is 1. The molecule has 1 N–H and O–H groups in total. The second-order valence-electron chi connectivity index (χ2n) is 4.96. The largest absolute Gasteiger partial charge is 0.382 e. The van der Waals surface area contributed by atoms with E-state index in [9.17, 15) is 13.6 Å². The van der Waals surface area contributed by atoms with Crippen LogP contribution in [-0.2, 0) is 9.63 Å². The second kappa shape index (κ2) is 6.34. The average molecular weight is 337 g/mol. The van der Waals surface area contributed by atoms with Crippen LogP contribution >= 0.6 is 11.6 Å². The van der Waals surface area contributed by atoms with Gasteiger partial charge in [0.1, 0.15) is 11.6 Å². The molecule has 0 saturated carbocycles. The lowest BCUT2D eigenvalue weighted by molar-refractivity contribution is -0.125. The predicted molar refractivity (Wildman–Crippen MR) is 82.5 cm³/mol. The molecule has 0 aromatic heterocycles. The number of benzene rings is 2. The number of hydrogen-bond acceptors (Lipinski definition) is 3. The Balaban J connectivity index is 1.64. The summed E-state index contributed by atoms with van der Waals surface area (Å²) in [7, 11) is 0. The summed E-state index contributed by atoms with van der Waals surface area (Å²) in [4.78, 5) is 17.2. The van der Waals surface area contributed by atoms with Crippen molar-refractivity contribution >= 4 is 28.9 Å². The molecule has 0 saturated heterocycles. The van der Waals surface area contributed by atoms with Crippen LogP contribution in [0.25, 0.3) is 0 Å². The lowest BCUT2D eigenvalue weighted by atomic mass is 10.0. The molecule has 0 bridgehead atoms. The maximum atomic E-state index is 13.1. The van der Waals surface area contributed by atoms with Gasteiger partial charge in [-0.1, -0.05) is 28.9 Å². The molecule has 1 amide bonds. The molecule has 1 unspecified atom stereocenters. The van der Waals surface area contributed by atoms with Gasteiger partial charge in [0.2, 0.25) is 6.10 Å². The van der Waals surface area contributed by atoms with Gasteiger partial charge in [0.05, 0.1) is 10.7 Å². The number of carbonyl (C=O) groups is 1. The second-order valence-corrected chi connectivity index (χ2v) is 5.37. The van der Waals surface area contributed by atoms with Crippen molar-refractivity contribution < 1.29 is 18.4 Å². The molecule has 1 aliphatic rings. The first-order valence-electron chi connectivity index (χ1n) is 6.77. The number of nitrogens with one attached hydrogen (secondary N) is 1. The third-order valence-electron chi connectivity index (χ3n) is 3.33. The van der Waals surface area contributed by atoms with E-state index in [1.165, 1.54) is 24.3 Å². The maximum Gasteiger partial charge on any atom is 0.268 e. The molecule has 23 heavy (non-hydrogen) atoms. The molecule has 0 aliphatic carbocycles. The summed E-state index contributed by atoms with van der Waals surface area (Å²) in [5.41, 5.74) is 1.61. The van der Waals surface area contributed by atoms with Gasteiger partial charge >= 0.3 is 0 Å². The van der Waals surface area contributed by atoms with E-state index >= 15 is 0 Å². The fourth-order valence-corrected chi connectivity index (χ4v) is 2.31. The third kappa shape index (κ3) is 3.48. The van der Waals surface area contributed by atoms with Crippen LogP contribution in [0, 0.1) is 11.6 Å². The predicted octanol–water partition coefficient (Wildman–Crippen LogP) is 3.75. The van der Waals surface area contributed by atoms with Crippen LogP contribution in [-0.4, -0.2) is 17.7 Å². The molecule has 0 fully saturated rings. The van der Waals surface area contributed by atoms with E-state index in [0.29, 0.717) is 17.0 Å². The number of halogens is 3. The topological polar surface area (TPSA) is 50.7 Å². The lowest BCUT2D eigenvalue weighted by Crippen LogP contribution is -2.28. The van der Waals surface area contributed by atoms with Gasteiger partial charge in [-0.2, -0.15) is 0 Å². The zero-order valence-electron chi connectivity index (χ0n) is 11.7. The van der Waals surface area contributed by atoms with E-state index in [2.05, 4.69) is 10.5 Å². The zero-order valence-corrected chi connectivity index (χ0v) is 12.5. The zero-order chi connectivity index (χ0) is 16.4. The number of amides is 1. The normalized spacial score (nSPS) is 16.7. The molecular formula is C16H11ClF2N2O2. The highest BCUT2D eigenvalue weighted by Gasteiger charge is 2.29. The fraction of sp³-hybridized carbons (Fsp3) is 0.125. The Morgan fingerprint density at radius 3 is 2.65 bits per heavy atom. The van der Waals surface area contributed by atoms with E-state index in [0.717, 1.165) is 6.07 Å². The van der Waals surface area contributed by atoms with Crippen LogP contribution < -0.4 is 5.32 Å². The fourth-order valence-electron chi connectivity index (χ4n) is 2.13. The highest BCUT2D eigenvalue weighted by Crippen LogP contribution is 2.22. The molecule has 1 heterocycles. The number of oxime groups is 1. The van der Waals surface area contributed by atoms with Crippen LogP contribution in [0.3, 0.4) is 0 Å². The maximum absolute atomic E-state index is 13.1. The first-order chi connectivity index (χ1) is 11.0. The molecule has 2 aromatic carbocycles. The highest BCUT2D eigenvalue weighted by molar-refractivity contribution is 6.31. The first-order valence-corrected chi connectivity index (χ1v) is 7.15. The number of carbonyl (C=O) groups excluding carboxylic acids is 1. The van der Waals surface area contributed by atoms with Gasteiger partial charge in [0.25, 0.3) is 5.91 Å². The van der Waals surface area contributed by atoms with Crippen molar-refractivity contribution in [2.24, 2.45) is 5.16 Å². The van der Waals surface area contributed by atoms with E-state index in [1.807, 2.05) is 0 Å². The number of anilines is 1. The number of rotatable bonds is 3. The van der Waals surface area contributed by atoms with Gasteiger partial charge in [0.15, 0.2) is 0 Å². The van der Waals surface area contributed by atoms with Crippen molar-refractivity contribution in [3.05, 3.63) is 64.7 Å². The minimum atomic E-state index is -0.807. The van der Waals surface area contributed by atoms with Crippen LogP contribution in [0.4, 0.5) is 14.5 Å². The smallest absolute Gasteiger partial charge is 0.268 e. The monoisotopic (exact) mass is 336 g/mol. The van der Waals surface area contributed by atoms with Crippen LogP contribution in [0.15, 0.2) is 47.6 Å². The summed E-state index contributed by atoms with van der Waals surface area (Å²) in [5.74, 6) is -1.34. The van der Waals surface area contributed by atoms with Gasteiger partial charge in [-0.25, -0.2) is 8.78 Å². The average Bonchev–Trinajstić information content (AvgIpc) is 3.02. The van der Waals surface area contributed by atoms with Crippen LogP contribution in [0.5, 0.6) is 0 Å². The molecule has 7 heteroatoms. The molecule has 4 nitrogen and oxygen atoms in total. The van der Waals surface area contributed by atoms with Gasteiger partial charge in [-0.05, 0) is 35.9 Å². The molecule has 2 aromatic rings. The molecule has 1 aliphatic heterocycles. The molecule has 0 spiro atoms. The molecule has 118 valence electrons. The Labute approximate surface area is 135 Å². The Bertz CT molecular complexity index is 778. The molecule has 3 rings (SSSR count). The molecule has 0 radical (unpaired) electrons. The van der Waals surface area contributed by atoms with E-state index in [-0.39, 0.29) is 17.3 Å². The van der Waals surface area contributed by atoms with Crippen molar-refractivity contribution in [3.63, 3.8) is 0 Å². The summed E-state index contributed by atoms with van der Waals surface area (Å²) in [6, 6.07) is 9.63. The summed E-state index contributed by atoms with van der Waals surface area (Å²) in [6.45, 7) is 0. The standard InChI is InChI=1S/C16H11ClF2N2O2/c17-12-7-11(5-6-13(12)19)20-16(22)15-8-14(21-23-15)9-1-3-10(18)4-2-9/h1-7,15H,8H2,(H,20,22). The number of hydrogen-bond donors (Lipinski definition) is 1. The van der Waals surface area contributed by atoms with Crippen LogP contribution in [0.2, 0.25) is 5.02 Å². The highest BCUT2D eigenvalue weighted by atomic mass is 35.5. The summed E-state index contributed by atoms with van der Waals surface area (Å²) >= 11 is 5.66. The Hall–Kier alpha value is -2.47. The Kier molecular flexibility index (Phi) is 4.25. The molecule has 1 atom stereocenters. The van der Waals surface area contributed by atoms with Crippen molar-refractivity contribution in [3.8, 4) is 0 Å². The van der Waals surface area contributed by atoms with E-state index in [1.54, 1.807) is 12.1 Å². The SMILES string of the molecule is O=C(Nc1ccc(F)c(Cl)c1)C1CC(c2ccc(F)cc2)=NO1. The van der Waals surface area contributed by atoms with Crippen molar-refractivity contribution in [1.82, 2.24) is 0 Å². The van der Waals surface area contributed by atoms with Gasteiger partial charge < -0.3 is 10.2 Å². The lowest BCUT2D eigenvalue weighted by Gasteiger charge is -2.10. The molecular weight excluding hydrogens is 326 g/mol. The minimum Gasteiger partial charge on any atom is -0.382 e. The Morgan fingerprint density at radius 1 is 1.22 bits per heavy atom. The quantitative estimate of drug-likeness (QED) is 0.928. The third-order valence-corrected chi connectivity index (χ3v) is 3.62. The summed E-state index contributed by atoms with van der Waals surface area (Å²) in [5, 5.41) is 6.36. The van der Waals surface area contributed by atoms with Crippen molar-refractivity contribution in [2.75, 3.05) is 5.32 Å². The van der Waals surface area contributed by atoms with Gasteiger partial charge in [-0.15, -0.1) is 0 Å². The van der Waals surface area contributed by atoms with Gasteiger partial charge in [0, 0.05) is 12.1 Å². The van der Waals surface area contributed by atoms with Gasteiger partial charge in [-0.3, -0.25) is 4.79 Å².